The number of hydrogen-bond acceptors (Lipinski definition) is 4. The highest BCUT2D eigenvalue weighted by atomic mass is 79.9. The van der Waals surface area contributed by atoms with Gasteiger partial charge < -0.3 is 5.32 Å². The van der Waals surface area contributed by atoms with Crippen LogP contribution in [0.15, 0.2) is 22.7 Å². The minimum atomic E-state index is 0.692. The van der Waals surface area contributed by atoms with Gasteiger partial charge in [0.15, 0.2) is 0 Å². The van der Waals surface area contributed by atoms with Crippen LogP contribution in [-0.4, -0.2) is 23.3 Å². The third-order valence-electron chi connectivity index (χ3n) is 2.93. The summed E-state index contributed by atoms with van der Waals surface area (Å²) in [5.41, 5.74) is 0.946. The molecule has 1 N–H and O–H groups in total. The summed E-state index contributed by atoms with van der Waals surface area (Å²) in [5, 5.41) is 14.6. The monoisotopic (exact) mass is 387 g/mol. The number of benzene rings is 1. The van der Waals surface area contributed by atoms with Gasteiger partial charge in [-0.25, -0.2) is 0 Å². The molecule has 0 amide bonds. The third kappa shape index (κ3) is 5.33. The molecule has 0 aliphatic carbocycles. The first-order valence-electron chi connectivity index (χ1n) is 7.05. The molecule has 0 atom stereocenters. The molecule has 2 rings (SSSR count). The molecule has 0 radical (unpaired) electrons. The predicted octanol–water partition coefficient (Wildman–Crippen LogP) is 4.80. The molecule has 0 aliphatic rings. The fourth-order valence-corrected chi connectivity index (χ4v) is 3.62. The van der Waals surface area contributed by atoms with Crippen LogP contribution in [0.5, 0.6) is 0 Å². The van der Waals surface area contributed by atoms with E-state index in [0.29, 0.717) is 10.9 Å². The predicted molar refractivity (Wildman–Crippen MR) is 94.1 cm³/mol. The van der Waals surface area contributed by atoms with Gasteiger partial charge in [-0.1, -0.05) is 52.7 Å². The Bertz CT molecular complexity index is 586. The van der Waals surface area contributed by atoms with Gasteiger partial charge in [0.05, 0.1) is 5.02 Å². The van der Waals surface area contributed by atoms with E-state index >= 15 is 0 Å². The topological polar surface area (TPSA) is 37.8 Å². The summed E-state index contributed by atoms with van der Waals surface area (Å²) in [4.78, 5) is 0. The molecule has 0 bridgehead atoms. The lowest BCUT2D eigenvalue weighted by atomic mass is 10.2. The average Bonchev–Trinajstić information content (AvgIpc) is 2.86. The van der Waals surface area contributed by atoms with Crippen molar-refractivity contribution < 1.29 is 0 Å². The van der Waals surface area contributed by atoms with E-state index in [2.05, 4.69) is 45.3 Å². The second kappa shape index (κ2) is 8.22. The van der Waals surface area contributed by atoms with Crippen molar-refractivity contribution in [2.75, 3.05) is 13.1 Å². The van der Waals surface area contributed by atoms with Crippen molar-refractivity contribution in [3.05, 3.63) is 32.7 Å². The smallest absolute Gasteiger partial charge is 0.149 e. The normalized spacial score (nSPS) is 11.3. The lowest BCUT2D eigenvalue weighted by Crippen LogP contribution is -2.21. The zero-order valence-electron chi connectivity index (χ0n) is 12.2. The second-order valence-electron chi connectivity index (χ2n) is 5.33. The van der Waals surface area contributed by atoms with Crippen LogP contribution in [0.25, 0.3) is 10.6 Å². The highest BCUT2D eigenvalue weighted by molar-refractivity contribution is 9.10. The molecular weight excluding hydrogens is 370 g/mol. The molecule has 0 saturated carbocycles. The highest BCUT2D eigenvalue weighted by Gasteiger charge is 2.10. The van der Waals surface area contributed by atoms with E-state index in [9.17, 15) is 0 Å². The number of rotatable bonds is 7. The average molecular weight is 389 g/mol. The van der Waals surface area contributed by atoms with Crippen molar-refractivity contribution in [1.82, 2.24) is 15.5 Å². The van der Waals surface area contributed by atoms with Crippen molar-refractivity contribution in [2.45, 2.75) is 26.7 Å². The summed E-state index contributed by atoms with van der Waals surface area (Å²) in [7, 11) is 0. The Labute approximate surface area is 143 Å². The maximum Gasteiger partial charge on any atom is 0.149 e. The van der Waals surface area contributed by atoms with Crippen LogP contribution in [0.1, 0.15) is 25.3 Å². The molecule has 3 nitrogen and oxygen atoms in total. The lowest BCUT2D eigenvalue weighted by molar-refractivity contribution is 0.542. The van der Waals surface area contributed by atoms with Crippen molar-refractivity contribution in [3.63, 3.8) is 0 Å². The van der Waals surface area contributed by atoms with Gasteiger partial charge in [0.2, 0.25) is 0 Å². The van der Waals surface area contributed by atoms with Crippen LogP contribution >= 0.6 is 38.9 Å². The molecule has 114 valence electrons. The van der Waals surface area contributed by atoms with Crippen LogP contribution in [0.2, 0.25) is 5.02 Å². The molecule has 1 aromatic heterocycles. The summed E-state index contributed by atoms with van der Waals surface area (Å²) >= 11 is 11.3. The maximum atomic E-state index is 6.25. The minimum Gasteiger partial charge on any atom is -0.316 e. The third-order valence-corrected chi connectivity index (χ3v) is 4.75. The van der Waals surface area contributed by atoms with E-state index in [-0.39, 0.29) is 0 Å². The first-order chi connectivity index (χ1) is 10.1. The number of nitrogens with one attached hydrogen (secondary N) is 1. The summed E-state index contributed by atoms with van der Waals surface area (Å²) in [6.45, 7) is 6.51. The molecule has 0 fully saturated rings. The van der Waals surface area contributed by atoms with E-state index in [1.54, 1.807) is 11.3 Å². The van der Waals surface area contributed by atoms with Crippen LogP contribution < -0.4 is 5.32 Å². The lowest BCUT2D eigenvalue weighted by Gasteiger charge is -2.05. The van der Waals surface area contributed by atoms with Crippen molar-refractivity contribution in [1.29, 1.82) is 0 Å². The summed E-state index contributed by atoms with van der Waals surface area (Å²) in [6, 6.07) is 5.83. The minimum absolute atomic E-state index is 0.692. The van der Waals surface area contributed by atoms with Gasteiger partial charge in [-0.2, -0.15) is 0 Å². The molecule has 0 saturated heterocycles. The number of hydrogen-bond donors (Lipinski definition) is 1. The van der Waals surface area contributed by atoms with Gasteiger partial charge in [-0.15, -0.1) is 10.2 Å². The fourth-order valence-electron chi connectivity index (χ4n) is 1.88. The number of halogens is 2. The molecule has 0 spiro atoms. The zero-order chi connectivity index (χ0) is 15.2. The Morgan fingerprint density at radius 3 is 2.86 bits per heavy atom. The fraction of sp³-hybridized carbons (Fsp3) is 0.467. The van der Waals surface area contributed by atoms with Crippen molar-refractivity contribution in [2.24, 2.45) is 5.92 Å². The van der Waals surface area contributed by atoms with E-state index in [4.69, 9.17) is 11.6 Å². The van der Waals surface area contributed by atoms with E-state index in [1.165, 1.54) is 0 Å². The van der Waals surface area contributed by atoms with Gasteiger partial charge in [-0.3, -0.25) is 0 Å². The van der Waals surface area contributed by atoms with Gasteiger partial charge in [-0.05, 0) is 43.6 Å². The maximum absolute atomic E-state index is 6.25. The van der Waals surface area contributed by atoms with E-state index < -0.39 is 0 Å². The van der Waals surface area contributed by atoms with Crippen LogP contribution in [0.3, 0.4) is 0 Å². The standard InChI is InChI=1S/C15H19BrClN3S/c1-10(2)9-18-7-3-4-14-19-20-15(21-14)12-6-5-11(16)8-13(12)17/h5-6,8,10,18H,3-4,7,9H2,1-2H3. The number of aromatic nitrogens is 2. The quantitative estimate of drug-likeness (QED) is 0.692. The SMILES string of the molecule is CC(C)CNCCCc1nnc(-c2ccc(Br)cc2Cl)s1. The molecule has 21 heavy (non-hydrogen) atoms. The summed E-state index contributed by atoms with van der Waals surface area (Å²) in [5.74, 6) is 0.692. The van der Waals surface area contributed by atoms with Gasteiger partial charge >= 0.3 is 0 Å². The highest BCUT2D eigenvalue weighted by Crippen LogP contribution is 2.32. The molecule has 1 aromatic carbocycles. The van der Waals surface area contributed by atoms with Crippen LogP contribution in [-0.2, 0) is 6.42 Å². The van der Waals surface area contributed by atoms with Gasteiger partial charge in [0, 0.05) is 16.5 Å². The molecule has 6 heteroatoms. The first-order valence-corrected chi connectivity index (χ1v) is 9.03. The van der Waals surface area contributed by atoms with Crippen LogP contribution in [0.4, 0.5) is 0 Å². The van der Waals surface area contributed by atoms with Gasteiger partial charge in [0.25, 0.3) is 0 Å². The first kappa shape index (κ1) is 16.9. The van der Waals surface area contributed by atoms with Crippen LogP contribution in [0, 0.1) is 5.92 Å². The van der Waals surface area contributed by atoms with Crippen molar-refractivity contribution in [3.8, 4) is 10.6 Å². The zero-order valence-corrected chi connectivity index (χ0v) is 15.4. The Balaban J connectivity index is 1.89. The largest absolute Gasteiger partial charge is 0.316 e. The summed E-state index contributed by atoms with van der Waals surface area (Å²) in [6.07, 6.45) is 2.03. The van der Waals surface area contributed by atoms with Crippen molar-refractivity contribution >= 4 is 38.9 Å². The molecule has 1 heterocycles. The summed E-state index contributed by atoms with van der Waals surface area (Å²) < 4.78 is 0.970. The second-order valence-corrected chi connectivity index (χ2v) is 7.71. The Kier molecular flexibility index (Phi) is 6.61. The molecule has 0 aliphatic heterocycles. The Morgan fingerprint density at radius 2 is 2.14 bits per heavy atom. The molecule has 2 aromatic rings. The van der Waals surface area contributed by atoms with Gasteiger partial charge in [0.1, 0.15) is 10.0 Å². The van der Waals surface area contributed by atoms with E-state index in [0.717, 1.165) is 46.0 Å². The molecule has 0 unspecified atom stereocenters. The number of nitrogens with zero attached hydrogens (tertiary/aromatic N) is 2. The Hall–Kier alpha value is -0.490. The Morgan fingerprint density at radius 1 is 1.33 bits per heavy atom. The molecular formula is C15H19BrClN3S. The number of aryl methyl sites for hydroxylation is 1. The van der Waals surface area contributed by atoms with E-state index in [1.807, 2.05) is 18.2 Å².